The first-order chi connectivity index (χ1) is 23.4. The van der Waals surface area contributed by atoms with Crippen LogP contribution in [0.15, 0.2) is 91.0 Å². The highest BCUT2D eigenvalue weighted by atomic mass is 35.5. The standard InChI is InChI=1S/C38H38ClF3N2O5/c1-4-6-33(26-7-9-28(10-8-26)36(46)43-22-21-34(45)48-5-2)35(27-13-18-31(19-14-27)49-38(40,41)42)37(47)44-30-16-11-25(12-17-30)32-20-15-29(39)23-24(32)3/h7-20,23,33,35H,4-6,21-22H2,1-3H3,(H,43,46)(H,44,47)/t33-,35-/m0/s1. The molecule has 4 rings (SSSR count). The number of anilines is 1. The van der Waals surface area contributed by atoms with Crippen molar-refractivity contribution in [2.24, 2.45) is 0 Å². The summed E-state index contributed by atoms with van der Waals surface area (Å²) in [5.41, 5.74) is 5.14. The number of amides is 2. The van der Waals surface area contributed by atoms with Crippen LogP contribution in [0.25, 0.3) is 11.1 Å². The van der Waals surface area contributed by atoms with Crippen LogP contribution in [0, 0.1) is 6.92 Å². The fraction of sp³-hybridized carbons (Fsp3) is 0.289. The van der Waals surface area contributed by atoms with Gasteiger partial charge in [-0.2, -0.15) is 0 Å². The monoisotopic (exact) mass is 694 g/mol. The van der Waals surface area contributed by atoms with Gasteiger partial charge in [-0.05, 0) is 103 Å². The number of esters is 1. The lowest BCUT2D eigenvalue weighted by molar-refractivity contribution is -0.274. The van der Waals surface area contributed by atoms with Crippen molar-refractivity contribution in [2.75, 3.05) is 18.5 Å². The Morgan fingerprint density at radius 1 is 0.857 bits per heavy atom. The molecule has 2 amide bonds. The first-order valence-corrected chi connectivity index (χ1v) is 16.3. The number of rotatable bonds is 14. The Morgan fingerprint density at radius 2 is 1.51 bits per heavy atom. The maximum absolute atomic E-state index is 14.1. The van der Waals surface area contributed by atoms with E-state index in [9.17, 15) is 27.6 Å². The molecule has 0 bridgehead atoms. The van der Waals surface area contributed by atoms with Crippen LogP contribution in [-0.2, 0) is 14.3 Å². The summed E-state index contributed by atoms with van der Waals surface area (Å²) in [5, 5.41) is 6.34. The summed E-state index contributed by atoms with van der Waals surface area (Å²) in [6.45, 7) is 6.02. The van der Waals surface area contributed by atoms with Crippen molar-refractivity contribution in [1.29, 1.82) is 0 Å². The minimum atomic E-state index is -4.85. The van der Waals surface area contributed by atoms with Gasteiger partial charge in [0.1, 0.15) is 5.75 Å². The van der Waals surface area contributed by atoms with Crippen LogP contribution >= 0.6 is 11.6 Å². The Balaban J connectivity index is 1.61. The van der Waals surface area contributed by atoms with E-state index in [0.717, 1.165) is 22.3 Å². The highest BCUT2D eigenvalue weighted by Crippen LogP contribution is 2.39. The molecule has 11 heteroatoms. The molecule has 4 aromatic rings. The molecule has 0 saturated carbocycles. The average Bonchev–Trinajstić information content (AvgIpc) is 3.05. The van der Waals surface area contributed by atoms with Gasteiger partial charge in [0.25, 0.3) is 5.91 Å². The summed E-state index contributed by atoms with van der Waals surface area (Å²) >= 11 is 6.12. The second kappa shape index (κ2) is 17.0. The van der Waals surface area contributed by atoms with Crippen LogP contribution < -0.4 is 15.4 Å². The van der Waals surface area contributed by atoms with E-state index in [4.69, 9.17) is 16.3 Å². The van der Waals surface area contributed by atoms with E-state index in [0.29, 0.717) is 34.7 Å². The third-order valence-corrected chi connectivity index (χ3v) is 8.17. The molecule has 2 N–H and O–H groups in total. The highest BCUT2D eigenvalue weighted by molar-refractivity contribution is 6.30. The van der Waals surface area contributed by atoms with E-state index in [1.54, 1.807) is 43.3 Å². The Labute approximate surface area is 288 Å². The van der Waals surface area contributed by atoms with Gasteiger partial charge in [0.05, 0.1) is 18.9 Å². The number of ether oxygens (including phenoxy) is 2. The molecule has 4 aromatic carbocycles. The molecule has 0 aliphatic carbocycles. The largest absolute Gasteiger partial charge is 0.573 e. The Kier molecular flexibility index (Phi) is 12.8. The van der Waals surface area contributed by atoms with Crippen molar-refractivity contribution in [3.05, 3.63) is 118 Å². The van der Waals surface area contributed by atoms with Crippen LogP contribution in [-0.4, -0.2) is 37.3 Å². The van der Waals surface area contributed by atoms with Crippen molar-refractivity contribution < 1.29 is 37.0 Å². The average molecular weight is 695 g/mol. The second-order valence-corrected chi connectivity index (χ2v) is 11.9. The van der Waals surface area contributed by atoms with E-state index in [1.807, 2.05) is 44.2 Å². The lowest BCUT2D eigenvalue weighted by atomic mass is 9.78. The minimum Gasteiger partial charge on any atom is -0.466 e. The van der Waals surface area contributed by atoms with Gasteiger partial charge >= 0.3 is 12.3 Å². The molecule has 0 aliphatic heterocycles. The molecule has 7 nitrogen and oxygen atoms in total. The molecule has 0 fully saturated rings. The molecule has 0 aliphatic rings. The van der Waals surface area contributed by atoms with Crippen molar-refractivity contribution in [3.63, 3.8) is 0 Å². The number of benzene rings is 4. The first kappa shape index (κ1) is 37.0. The Bertz CT molecular complexity index is 1730. The van der Waals surface area contributed by atoms with Gasteiger partial charge in [-0.25, -0.2) is 0 Å². The van der Waals surface area contributed by atoms with Gasteiger partial charge in [-0.1, -0.05) is 67.4 Å². The van der Waals surface area contributed by atoms with E-state index in [1.165, 1.54) is 24.3 Å². The third kappa shape index (κ3) is 10.6. The molecule has 0 saturated heterocycles. The summed E-state index contributed by atoms with van der Waals surface area (Å²) in [6, 6.07) is 25.1. The maximum atomic E-state index is 14.1. The molecule has 49 heavy (non-hydrogen) atoms. The van der Waals surface area contributed by atoms with Crippen molar-refractivity contribution in [2.45, 2.75) is 58.2 Å². The van der Waals surface area contributed by atoms with Gasteiger partial charge in [-0.15, -0.1) is 13.2 Å². The van der Waals surface area contributed by atoms with Crippen LogP contribution in [0.4, 0.5) is 18.9 Å². The number of hydrogen-bond acceptors (Lipinski definition) is 5. The second-order valence-electron chi connectivity index (χ2n) is 11.4. The van der Waals surface area contributed by atoms with Crippen LogP contribution in [0.2, 0.25) is 5.02 Å². The predicted molar refractivity (Wildman–Crippen MR) is 184 cm³/mol. The lowest BCUT2D eigenvalue weighted by Crippen LogP contribution is -2.27. The topological polar surface area (TPSA) is 93.7 Å². The number of halogens is 4. The van der Waals surface area contributed by atoms with Crippen molar-refractivity contribution >= 4 is 35.1 Å². The SMILES string of the molecule is CCC[C@@H](c1ccc(C(=O)NCCC(=O)OCC)cc1)[C@@H](C(=O)Nc1ccc(-c2ccc(Cl)cc2C)cc1)c1ccc(OC(F)(F)F)cc1. The van der Waals surface area contributed by atoms with Crippen molar-refractivity contribution in [3.8, 4) is 16.9 Å². The first-order valence-electron chi connectivity index (χ1n) is 16.0. The van der Waals surface area contributed by atoms with E-state index < -0.39 is 29.9 Å². The zero-order chi connectivity index (χ0) is 35.6. The summed E-state index contributed by atoms with van der Waals surface area (Å²) in [7, 11) is 0. The number of alkyl halides is 3. The fourth-order valence-corrected chi connectivity index (χ4v) is 5.91. The Hall–Kier alpha value is -4.83. The van der Waals surface area contributed by atoms with E-state index >= 15 is 0 Å². The van der Waals surface area contributed by atoms with Gasteiger partial charge in [0.15, 0.2) is 0 Å². The smallest absolute Gasteiger partial charge is 0.466 e. The van der Waals surface area contributed by atoms with Crippen molar-refractivity contribution in [1.82, 2.24) is 5.32 Å². The van der Waals surface area contributed by atoms with Gasteiger partial charge < -0.3 is 20.1 Å². The quantitative estimate of drug-likeness (QED) is 0.128. The summed E-state index contributed by atoms with van der Waals surface area (Å²) in [6.07, 6.45) is -3.54. The van der Waals surface area contributed by atoms with Gasteiger partial charge in [-0.3, -0.25) is 14.4 Å². The molecule has 0 radical (unpaired) electrons. The molecule has 0 aromatic heterocycles. The number of aryl methyl sites for hydroxylation is 1. The Morgan fingerprint density at radius 3 is 2.10 bits per heavy atom. The molecule has 258 valence electrons. The van der Waals surface area contributed by atoms with E-state index in [2.05, 4.69) is 15.4 Å². The van der Waals surface area contributed by atoms with Crippen LogP contribution in [0.5, 0.6) is 5.75 Å². The molecule has 0 unspecified atom stereocenters. The fourth-order valence-electron chi connectivity index (χ4n) is 5.68. The molecule has 0 heterocycles. The van der Waals surface area contributed by atoms with Crippen LogP contribution in [0.1, 0.15) is 72.0 Å². The number of nitrogens with one attached hydrogen (secondary N) is 2. The summed E-state index contributed by atoms with van der Waals surface area (Å²) in [5.74, 6) is -2.71. The van der Waals surface area contributed by atoms with Crippen LogP contribution in [0.3, 0.4) is 0 Å². The van der Waals surface area contributed by atoms with Gasteiger partial charge in [0, 0.05) is 22.8 Å². The lowest BCUT2D eigenvalue weighted by Gasteiger charge is -2.28. The highest BCUT2D eigenvalue weighted by Gasteiger charge is 2.33. The van der Waals surface area contributed by atoms with Gasteiger partial charge in [0.2, 0.25) is 5.91 Å². The molecule has 0 spiro atoms. The minimum absolute atomic E-state index is 0.0450. The number of carbonyl (C=O) groups excluding carboxylic acids is 3. The number of carbonyl (C=O) groups is 3. The zero-order valence-electron chi connectivity index (χ0n) is 27.4. The van der Waals surface area contributed by atoms with E-state index in [-0.39, 0.29) is 31.4 Å². The number of hydrogen-bond donors (Lipinski definition) is 2. The molecular weight excluding hydrogens is 657 g/mol. The summed E-state index contributed by atoms with van der Waals surface area (Å²) in [4.78, 5) is 38.4. The third-order valence-electron chi connectivity index (χ3n) is 7.93. The maximum Gasteiger partial charge on any atom is 0.573 e. The molecule has 2 atom stereocenters. The summed E-state index contributed by atoms with van der Waals surface area (Å²) < 4.78 is 47.6. The normalized spacial score (nSPS) is 12.5. The zero-order valence-corrected chi connectivity index (χ0v) is 28.2. The predicted octanol–water partition coefficient (Wildman–Crippen LogP) is 9.20. The molecular formula is C38H38ClF3N2O5.